The van der Waals surface area contributed by atoms with Crippen molar-refractivity contribution < 1.29 is 28.1 Å². The fourth-order valence-electron chi connectivity index (χ4n) is 5.69. The van der Waals surface area contributed by atoms with Crippen molar-refractivity contribution in [1.29, 1.82) is 0 Å². The number of methoxy groups -OCH3 is 3. The smallest absolute Gasteiger partial charge is 0.226 e. The number of piperidine rings is 1. The molecule has 4 heterocycles. The number of aromatic nitrogens is 6. The van der Waals surface area contributed by atoms with Gasteiger partial charge in [-0.15, -0.1) is 5.10 Å². The topological polar surface area (TPSA) is 124 Å². The van der Waals surface area contributed by atoms with Gasteiger partial charge in [-0.2, -0.15) is 9.61 Å². The van der Waals surface area contributed by atoms with Crippen molar-refractivity contribution in [2.75, 3.05) is 44.6 Å². The SMILES string of the molecule is COc1ccc(CNc2nc3c(OC)cc(F)cc3c3nc([C@]4(F)CCCN(c5cnn(CC(C)(C)O)c5)C4)nn23)c(OC)c1. The number of fused-ring (bicyclic) bond motifs is 3. The summed E-state index contributed by atoms with van der Waals surface area (Å²) in [5.41, 5.74) is -0.716. The summed E-state index contributed by atoms with van der Waals surface area (Å²) in [4.78, 5) is 11.3. The Bertz CT molecular complexity index is 1850. The molecule has 2 N–H and O–H groups in total. The van der Waals surface area contributed by atoms with Crippen LogP contribution in [-0.4, -0.2) is 74.5 Å². The zero-order valence-corrected chi connectivity index (χ0v) is 25.8. The molecule has 45 heavy (non-hydrogen) atoms. The first-order valence-corrected chi connectivity index (χ1v) is 14.6. The van der Waals surface area contributed by atoms with Gasteiger partial charge < -0.3 is 29.5 Å². The maximum atomic E-state index is 16.9. The highest BCUT2D eigenvalue weighted by Gasteiger charge is 2.42. The number of nitrogens with one attached hydrogen (secondary N) is 1. The van der Waals surface area contributed by atoms with Crippen LogP contribution in [0.2, 0.25) is 0 Å². The van der Waals surface area contributed by atoms with Crippen LogP contribution >= 0.6 is 0 Å². The number of nitrogens with zero attached hydrogens (tertiary/aromatic N) is 7. The zero-order chi connectivity index (χ0) is 31.9. The first-order chi connectivity index (χ1) is 21.5. The number of alkyl halides is 1. The van der Waals surface area contributed by atoms with Gasteiger partial charge in [-0.05, 0) is 44.9 Å². The number of ether oxygens (including phenoxy) is 3. The average molecular weight is 623 g/mol. The summed E-state index contributed by atoms with van der Waals surface area (Å²) in [5.74, 6) is 1.16. The van der Waals surface area contributed by atoms with E-state index in [1.807, 2.05) is 17.0 Å². The Labute approximate surface area is 258 Å². The normalized spacial score (nSPS) is 17.2. The number of rotatable bonds is 10. The van der Waals surface area contributed by atoms with Gasteiger partial charge in [-0.1, -0.05) is 0 Å². The molecule has 2 aromatic carbocycles. The highest BCUT2D eigenvalue weighted by atomic mass is 19.1. The van der Waals surface area contributed by atoms with E-state index >= 15 is 4.39 Å². The van der Waals surface area contributed by atoms with Crippen LogP contribution in [0.4, 0.5) is 20.4 Å². The van der Waals surface area contributed by atoms with Gasteiger partial charge >= 0.3 is 0 Å². The lowest BCUT2D eigenvalue weighted by Gasteiger charge is -2.36. The van der Waals surface area contributed by atoms with E-state index in [4.69, 9.17) is 19.2 Å². The van der Waals surface area contributed by atoms with Crippen LogP contribution in [0.25, 0.3) is 16.6 Å². The molecule has 0 saturated carbocycles. The molecule has 3 aromatic heterocycles. The fourth-order valence-corrected chi connectivity index (χ4v) is 5.69. The number of halogens is 2. The number of benzene rings is 2. The second kappa shape index (κ2) is 11.7. The van der Waals surface area contributed by atoms with Crippen LogP contribution in [0.3, 0.4) is 0 Å². The number of aliphatic hydroxyl groups is 1. The highest BCUT2D eigenvalue weighted by molar-refractivity contribution is 5.96. The van der Waals surface area contributed by atoms with Gasteiger partial charge in [-0.25, -0.2) is 18.7 Å². The lowest BCUT2D eigenvalue weighted by Crippen LogP contribution is -2.44. The second-order valence-corrected chi connectivity index (χ2v) is 11.8. The second-order valence-electron chi connectivity index (χ2n) is 11.8. The molecule has 1 aliphatic heterocycles. The monoisotopic (exact) mass is 622 g/mol. The molecule has 0 bridgehead atoms. The van der Waals surface area contributed by atoms with Crippen molar-refractivity contribution in [1.82, 2.24) is 29.4 Å². The largest absolute Gasteiger partial charge is 0.497 e. The Morgan fingerprint density at radius 3 is 2.60 bits per heavy atom. The zero-order valence-electron chi connectivity index (χ0n) is 25.8. The third-order valence-electron chi connectivity index (χ3n) is 7.83. The summed E-state index contributed by atoms with van der Waals surface area (Å²) >= 11 is 0. The van der Waals surface area contributed by atoms with Crippen LogP contribution in [0.15, 0.2) is 42.7 Å². The molecule has 1 aliphatic rings. The Hall–Kier alpha value is -4.72. The Morgan fingerprint density at radius 2 is 1.87 bits per heavy atom. The third kappa shape index (κ3) is 6.01. The molecule has 12 nitrogen and oxygen atoms in total. The van der Waals surface area contributed by atoms with Crippen molar-refractivity contribution >= 4 is 28.2 Å². The Kier molecular flexibility index (Phi) is 7.85. The lowest BCUT2D eigenvalue weighted by atomic mass is 9.93. The maximum absolute atomic E-state index is 16.9. The number of hydrogen-bond donors (Lipinski definition) is 2. The van der Waals surface area contributed by atoms with Crippen molar-refractivity contribution in [2.24, 2.45) is 0 Å². The molecular formula is C31H36F2N8O4. The molecule has 0 spiro atoms. The Morgan fingerprint density at radius 1 is 1.07 bits per heavy atom. The lowest BCUT2D eigenvalue weighted by molar-refractivity contribution is 0.0577. The molecule has 238 valence electrons. The van der Waals surface area contributed by atoms with E-state index < -0.39 is 17.1 Å². The summed E-state index contributed by atoms with van der Waals surface area (Å²) in [7, 11) is 4.58. The fraction of sp³-hybridized carbons (Fsp3) is 0.419. The average Bonchev–Trinajstić information content (AvgIpc) is 3.67. The van der Waals surface area contributed by atoms with Crippen molar-refractivity contribution in [3.05, 3.63) is 59.9 Å². The van der Waals surface area contributed by atoms with E-state index in [1.165, 1.54) is 23.8 Å². The molecule has 1 saturated heterocycles. The molecule has 0 amide bonds. The molecule has 5 aromatic rings. The van der Waals surface area contributed by atoms with Crippen LogP contribution in [-0.2, 0) is 18.8 Å². The minimum absolute atomic E-state index is 0.00700. The molecule has 1 fully saturated rings. The first kappa shape index (κ1) is 30.3. The van der Waals surface area contributed by atoms with E-state index in [2.05, 4.69) is 20.5 Å². The van der Waals surface area contributed by atoms with E-state index in [-0.39, 0.29) is 42.7 Å². The predicted molar refractivity (Wildman–Crippen MR) is 164 cm³/mol. The number of anilines is 2. The van der Waals surface area contributed by atoms with E-state index in [9.17, 15) is 9.50 Å². The molecule has 0 aliphatic carbocycles. The van der Waals surface area contributed by atoms with Gasteiger partial charge in [0.05, 0.1) is 57.3 Å². The van der Waals surface area contributed by atoms with Crippen molar-refractivity contribution in [2.45, 2.75) is 51.0 Å². The van der Waals surface area contributed by atoms with E-state index in [1.54, 1.807) is 51.2 Å². The minimum Gasteiger partial charge on any atom is -0.497 e. The van der Waals surface area contributed by atoms with E-state index in [0.717, 1.165) is 11.3 Å². The standard InChI is InChI=1S/C31H36F2N8O4/c1-30(2,42)17-40-16-21(15-35-40)39-10-6-9-31(33,18-39)28-37-27-23-11-20(32)12-25(45-5)26(23)36-29(41(27)38-28)34-14-19-7-8-22(43-3)13-24(19)44-4/h7-8,11-13,15-16,42H,6,9-10,14,17-18H2,1-5H3,(H,34,36)/t31-/m0/s1. The summed E-state index contributed by atoms with van der Waals surface area (Å²) in [6.45, 7) is 4.60. The van der Waals surface area contributed by atoms with Gasteiger partial charge in [0, 0.05) is 37.0 Å². The molecule has 1 atom stereocenters. The van der Waals surface area contributed by atoms with Crippen molar-refractivity contribution in [3.8, 4) is 17.2 Å². The van der Waals surface area contributed by atoms with Gasteiger partial charge in [0.2, 0.25) is 5.95 Å². The van der Waals surface area contributed by atoms with Crippen LogP contribution in [0, 0.1) is 5.82 Å². The van der Waals surface area contributed by atoms with Crippen LogP contribution < -0.4 is 24.4 Å². The van der Waals surface area contributed by atoms with Gasteiger partial charge in [-0.3, -0.25) is 4.68 Å². The summed E-state index contributed by atoms with van der Waals surface area (Å²) in [6.07, 6.45) is 4.21. The van der Waals surface area contributed by atoms with Crippen LogP contribution in [0.1, 0.15) is 38.1 Å². The maximum Gasteiger partial charge on any atom is 0.226 e. The van der Waals surface area contributed by atoms with Gasteiger partial charge in [0.1, 0.15) is 28.6 Å². The number of hydrogen-bond acceptors (Lipinski definition) is 10. The first-order valence-electron chi connectivity index (χ1n) is 14.6. The highest BCUT2D eigenvalue weighted by Crippen LogP contribution is 2.38. The van der Waals surface area contributed by atoms with E-state index in [0.29, 0.717) is 41.9 Å². The summed E-state index contributed by atoms with van der Waals surface area (Å²) < 4.78 is 51.0. The molecule has 14 heteroatoms. The third-order valence-corrected chi connectivity index (χ3v) is 7.83. The molecule has 0 radical (unpaired) electrons. The van der Waals surface area contributed by atoms with Gasteiger partial charge in [0.15, 0.2) is 17.1 Å². The Balaban J connectivity index is 1.39. The molecular weight excluding hydrogens is 586 g/mol. The summed E-state index contributed by atoms with van der Waals surface area (Å²) in [5, 5.41) is 22.8. The quantitative estimate of drug-likeness (QED) is 0.230. The summed E-state index contributed by atoms with van der Waals surface area (Å²) in [6, 6.07) is 7.99. The van der Waals surface area contributed by atoms with Crippen molar-refractivity contribution in [3.63, 3.8) is 0 Å². The van der Waals surface area contributed by atoms with Crippen LogP contribution in [0.5, 0.6) is 17.2 Å². The molecule has 0 unspecified atom stereocenters. The predicted octanol–water partition coefficient (Wildman–Crippen LogP) is 4.49. The molecule has 6 rings (SSSR count). The minimum atomic E-state index is -1.91. The van der Waals surface area contributed by atoms with Gasteiger partial charge in [0.25, 0.3) is 0 Å².